The summed E-state index contributed by atoms with van der Waals surface area (Å²) in [5, 5.41) is 9.41. The summed E-state index contributed by atoms with van der Waals surface area (Å²) in [5.41, 5.74) is 5.36. The molecule has 2 aromatic heterocycles. The number of nitrogens with one attached hydrogen (secondary N) is 2. The maximum Gasteiger partial charge on any atom is 0.243 e. The highest BCUT2D eigenvalue weighted by Gasteiger charge is 1.97. The predicted octanol–water partition coefficient (Wildman–Crippen LogP) is -0.305. The van der Waals surface area contributed by atoms with Crippen molar-refractivity contribution in [2.75, 3.05) is 17.6 Å². The number of aromatic amines is 1. The second-order valence-corrected chi connectivity index (χ2v) is 2.77. The van der Waals surface area contributed by atoms with Crippen LogP contribution in [0.15, 0.2) is 18.7 Å². The summed E-state index contributed by atoms with van der Waals surface area (Å²) >= 11 is 0. The van der Waals surface area contributed by atoms with Gasteiger partial charge in [-0.1, -0.05) is 0 Å². The van der Waals surface area contributed by atoms with Gasteiger partial charge < -0.3 is 15.6 Å². The van der Waals surface area contributed by atoms with Crippen LogP contribution in [-0.4, -0.2) is 31.3 Å². The molecule has 7 heteroatoms. The fraction of sp³-hybridized carbons (Fsp3) is 0.286. The Balaban J connectivity index is 1.78. The minimum Gasteiger partial charge on any atom is -0.368 e. The third-order valence-corrected chi connectivity index (χ3v) is 1.72. The molecule has 14 heavy (non-hydrogen) atoms. The van der Waals surface area contributed by atoms with Gasteiger partial charge in [0.05, 0.1) is 6.33 Å². The number of rotatable bonds is 4. The van der Waals surface area contributed by atoms with Gasteiger partial charge in [-0.2, -0.15) is 4.98 Å². The van der Waals surface area contributed by atoms with Gasteiger partial charge in [-0.3, -0.25) is 0 Å². The molecule has 0 aliphatic rings. The molecule has 0 aliphatic heterocycles. The van der Waals surface area contributed by atoms with E-state index in [1.54, 1.807) is 12.5 Å². The standard InChI is InChI=1S/C7H11N7/c8-6-11-7(13-12-6)10-2-4-14-3-1-9-5-14/h1,3,5H,2,4H2,(H4,8,10,11,12,13). The van der Waals surface area contributed by atoms with Crippen molar-refractivity contribution >= 4 is 11.9 Å². The monoisotopic (exact) mass is 193 g/mol. The third kappa shape index (κ3) is 2.00. The van der Waals surface area contributed by atoms with Crippen molar-refractivity contribution in [2.45, 2.75) is 6.54 Å². The molecule has 0 aromatic carbocycles. The molecule has 2 heterocycles. The minimum atomic E-state index is 0.315. The molecular weight excluding hydrogens is 182 g/mol. The minimum absolute atomic E-state index is 0.315. The summed E-state index contributed by atoms with van der Waals surface area (Å²) in [5.74, 6) is 0.831. The van der Waals surface area contributed by atoms with Gasteiger partial charge in [0.15, 0.2) is 0 Å². The molecule has 0 amide bonds. The zero-order valence-electron chi connectivity index (χ0n) is 7.51. The Morgan fingerprint density at radius 2 is 2.50 bits per heavy atom. The van der Waals surface area contributed by atoms with E-state index in [4.69, 9.17) is 5.73 Å². The van der Waals surface area contributed by atoms with Gasteiger partial charge in [0.1, 0.15) is 0 Å². The topological polar surface area (TPSA) is 97.4 Å². The molecule has 0 aliphatic carbocycles. The molecule has 0 bridgehead atoms. The van der Waals surface area contributed by atoms with E-state index in [9.17, 15) is 0 Å². The van der Waals surface area contributed by atoms with Gasteiger partial charge in [0.2, 0.25) is 11.9 Å². The number of nitrogens with two attached hydrogens (primary N) is 1. The van der Waals surface area contributed by atoms with Crippen LogP contribution in [0.3, 0.4) is 0 Å². The average molecular weight is 193 g/mol. The Hall–Kier alpha value is -2.05. The smallest absolute Gasteiger partial charge is 0.243 e. The molecule has 0 radical (unpaired) electrons. The zero-order chi connectivity index (χ0) is 9.80. The zero-order valence-corrected chi connectivity index (χ0v) is 7.51. The van der Waals surface area contributed by atoms with Crippen molar-refractivity contribution in [1.82, 2.24) is 24.7 Å². The van der Waals surface area contributed by atoms with Crippen molar-refractivity contribution in [1.29, 1.82) is 0 Å². The molecule has 7 nitrogen and oxygen atoms in total. The van der Waals surface area contributed by atoms with E-state index in [-0.39, 0.29) is 0 Å². The van der Waals surface area contributed by atoms with Crippen molar-refractivity contribution in [3.63, 3.8) is 0 Å². The van der Waals surface area contributed by atoms with Crippen LogP contribution in [0.5, 0.6) is 0 Å². The maximum atomic E-state index is 5.36. The van der Waals surface area contributed by atoms with Crippen LogP contribution in [0.2, 0.25) is 0 Å². The van der Waals surface area contributed by atoms with E-state index < -0.39 is 0 Å². The van der Waals surface area contributed by atoms with E-state index >= 15 is 0 Å². The van der Waals surface area contributed by atoms with E-state index in [1.165, 1.54) is 0 Å². The first-order valence-corrected chi connectivity index (χ1v) is 4.22. The van der Waals surface area contributed by atoms with Crippen LogP contribution in [0, 0.1) is 0 Å². The Labute approximate surface area is 80.4 Å². The molecule has 4 N–H and O–H groups in total. The highest BCUT2D eigenvalue weighted by molar-refractivity contribution is 5.29. The molecule has 0 unspecified atom stereocenters. The lowest BCUT2D eigenvalue weighted by Crippen LogP contribution is -2.10. The van der Waals surface area contributed by atoms with Crippen LogP contribution in [0.25, 0.3) is 0 Å². The molecule has 0 saturated heterocycles. The summed E-state index contributed by atoms with van der Waals surface area (Å²) in [4.78, 5) is 7.83. The van der Waals surface area contributed by atoms with E-state index in [0.717, 1.165) is 13.1 Å². The highest BCUT2D eigenvalue weighted by Crippen LogP contribution is 1.97. The summed E-state index contributed by atoms with van der Waals surface area (Å²) in [6.45, 7) is 1.54. The van der Waals surface area contributed by atoms with Crippen molar-refractivity contribution < 1.29 is 0 Å². The van der Waals surface area contributed by atoms with E-state index in [2.05, 4.69) is 25.5 Å². The second-order valence-electron chi connectivity index (χ2n) is 2.77. The lowest BCUT2D eigenvalue weighted by molar-refractivity contribution is 0.723. The molecule has 74 valence electrons. The van der Waals surface area contributed by atoms with Crippen LogP contribution in [-0.2, 0) is 6.54 Å². The van der Waals surface area contributed by atoms with Crippen LogP contribution in [0.4, 0.5) is 11.9 Å². The summed E-state index contributed by atoms with van der Waals surface area (Å²) in [7, 11) is 0. The van der Waals surface area contributed by atoms with Gasteiger partial charge in [0.25, 0.3) is 0 Å². The second kappa shape index (κ2) is 3.77. The maximum absolute atomic E-state index is 5.36. The molecule has 0 saturated carbocycles. The predicted molar refractivity (Wildman–Crippen MR) is 51.5 cm³/mol. The SMILES string of the molecule is Nc1nc(NCCn2ccnc2)n[nH]1. The van der Waals surface area contributed by atoms with Gasteiger partial charge in [-0.05, 0) is 0 Å². The molecular formula is C7H11N7. The molecule has 0 spiro atoms. The first kappa shape index (κ1) is 8.54. The molecule has 0 fully saturated rings. The first-order valence-electron chi connectivity index (χ1n) is 4.22. The fourth-order valence-electron chi connectivity index (χ4n) is 1.07. The number of imidazole rings is 1. The number of aromatic nitrogens is 5. The number of anilines is 2. The first-order chi connectivity index (χ1) is 6.84. The van der Waals surface area contributed by atoms with Crippen molar-refractivity contribution in [3.05, 3.63) is 18.7 Å². The number of nitrogens with zero attached hydrogens (tertiary/aromatic N) is 4. The summed E-state index contributed by atoms with van der Waals surface area (Å²) in [6.07, 6.45) is 5.40. The Morgan fingerprint density at radius 3 is 3.14 bits per heavy atom. The number of nitrogen functional groups attached to an aromatic ring is 1. The largest absolute Gasteiger partial charge is 0.368 e. The lowest BCUT2D eigenvalue weighted by Gasteiger charge is -2.01. The van der Waals surface area contributed by atoms with Crippen LogP contribution >= 0.6 is 0 Å². The summed E-state index contributed by atoms with van der Waals surface area (Å²) < 4.78 is 1.96. The molecule has 2 aromatic rings. The Bertz CT molecular complexity index is 376. The van der Waals surface area contributed by atoms with Crippen molar-refractivity contribution in [2.24, 2.45) is 0 Å². The van der Waals surface area contributed by atoms with Crippen molar-refractivity contribution in [3.8, 4) is 0 Å². The number of H-pyrrole nitrogens is 1. The van der Waals surface area contributed by atoms with Gasteiger partial charge in [-0.25, -0.2) is 10.1 Å². The third-order valence-electron chi connectivity index (χ3n) is 1.72. The van der Waals surface area contributed by atoms with E-state index in [0.29, 0.717) is 11.9 Å². The molecule has 0 atom stereocenters. The van der Waals surface area contributed by atoms with Crippen LogP contribution in [0.1, 0.15) is 0 Å². The summed E-state index contributed by atoms with van der Waals surface area (Å²) in [6, 6.07) is 0. The van der Waals surface area contributed by atoms with Gasteiger partial charge in [0, 0.05) is 25.5 Å². The lowest BCUT2D eigenvalue weighted by atomic mass is 10.6. The molecule has 2 rings (SSSR count). The quantitative estimate of drug-likeness (QED) is 0.619. The fourth-order valence-corrected chi connectivity index (χ4v) is 1.07. The number of hydrogen-bond donors (Lipinski definition) is 3. The Kier molecular flexibility index (Phi) is 2.30. The van der Waals surface area contributed by atoms with Gasteiger partial charge >= 0.3 is 0 Å². The van der Waals surface area contributed by atoms with Crippen LogP contribution < -0.4 is 11.1 Å². The highest BCUT2D eigenvalue weighted by atomic mass is 15.3. The normalized spacial score (nSPS) is 10.3. The number of hydrogen-bond acceptors (Lipinski definition) is 5. The van der Waals surface area contributed by atoms with E-state index in [1.807, 2.05) is 10.8 Å². The van der Waals surface area contributed by atoms with Gasteiger partial charge in [-0.15, -0.1) is 5.10 Å². The average Bonchev–Trinajstić information content (AvgIpc) is 2.77. The Morgan fingerprint density at radius 1 is 1.57 bits per heavy atom.